The van der Waals surface area contributed by atoms with Gasteiger partial charge in [-0.2, -0.15) is 0 Å². The second kappa shape index (κ2) is 3.32. The monoisotopic (exact) mass is 162 g/mol. The molecule has 0 aliphatic carbocycles. The molecular weight excluding hydrogens is 145 g/mol. The van der Waals surface area contributed by atoms with E-state index in [4.69, 9.17) is 0 Å². The molecule has 0 atom stereocenters. The molecule has 0 bridgehead atoms. The van der Waals surface area contributed by atoms with Crippen LogP contribution in [-0.2, 0) is 0 Å². The molecule has 1 aromatic carbocycles. The van der Waals surface area contributed by atoms with Crippen LogP contribution in [0.1, 0.15) is 5.56 Å². The largest absolute Gasteiger partial charge is 0.424 e. The minimum atomic E-state index is 0.989. The normalized spacial score (nSPS) is 11.3. The molecule has 64 valence electrons. The van der Waals surface area contributed by atoms with Gasteiger partial charge < -0.3 is 4.39 Å². The predicted octanol–water partition coefficient (Wildman–Crippen LogP) is 0.678. The minimum Gasteiger partial charge on any atom is -0.400 e. The maximum absolute atomic E-state index is 2.21. The first-order valence-corrected chi connectivity index (χ1v) is 4.33. The van der Waals surface area contributed by atoms with Crippen LogP contribution in [-0.4, -0.2) is 33.0 Å². The summed E-state index contributed by atoms with van der Waals surface area (Å²) in [4.78, 5) is 0. The van der Waals surface area contributed by atoms with E-state index in [9.17, 15) is 0 Å². The topological polar surface area (TPSA) is 0 Å². The molecule has 0 saturated carbocycles. The Morgan fingerprint density at radius 2 is 1.50 bits per heavy atom. The molecule has 0 aliphatic rings. The van der Waals surface area contributed by atoms with Crippen LogP contribution in [0.15, 0.2) is 24.3 Å². The fourth-order valence-corrected chi connectivity index (χ4v) is 1.24. The van der Waals surface area contributed by atoms with Gasteiger partial charge in [-0.3, -0.25) is 0 Å². The van der Waals surface area contributed by atoms with Gasteiger partial charge in [-0.1, -0.05) is 29.8 Å². The van der Waals surface area contributed by atoms with Gasteiger partial charge in [0, 0.05) is 21.1 Å². The summed E-state index contributed by atoms with van der Waals surface area (Å²) < 4.78 is 0.989. The fourth-order valence-electron chi connectivity index (χ4n) is 1.24. The van der Waals surface area contributed by atoms with E-state index in [1.54, 1.807) is 0 Å². The highest BCUT2D eigenvalue weighted by Gasteiger charge is 2.12. The molecule has 1 rings (SSSR count). The van der Waals surface area contributed by atoms with E-state index >= 15 is 0 Å². The molecular formula is C10H17BN+. The Hall–Kier alpha value is -0.755. The highest BCUT2D eigenvalue weighted by molar-refractivity contribution is 6.46. The molecule has 12 heavy (non-hydrogen) atoms. The van der Waals surface area contributed by atoms with Gasteiger partial charge in [0.05, 0.1) is 0 Å². The first-order valence-electron chi connectivity index (χ1n) is 4.33. The number of benzene rings is 1. The van der Waals surface area contributed by atoms with Crippen LogP contribution in [0.25, 0.3) is 0 Å². The van der Waals surface area contributed by atoms with E-state index in [-0.39, 0.29) is 0 Å². The van der Waals surface area contributed by atoms with Crippen molar-refractivity contribution < 1.29 is 4.39 Å². The lowest BCUT2D eigenvalue weighted by atomic mass is 9.79. The molecule has 0 fully saturated rings. The summed E-state index contributed by atoms with van der Waals surface area (Å²) >= 11 is 0. The highest BCUT2D eigenvalue weighted by Crippen LogP contribution is 1.94. The SMILES string of the molecule is Cc1ccc(B[N+](C)(C)C)cc1. The maximum Gasteiger partial charge on any atom is 0.424 e. The van der Waals surface area contributed by atoms with Crippen LogP contribution < -0.4 is 5.46 Å². The van der Waals surface area contributed by atoms with Crippen LogP contribution in [0.5, 0.6) is 0 Å². The Morgan fingerprint density at radius 1 is 1.00 bits per heavy atom. The Bertz CT molecular complexity index is 246. The average molecular weight is 162 g/mol. The maximum atomic E-state index is 2.21. The summed E-state index contributed by atoms with van der Waals surface area (Å²) in [5, 5.41) is 0. The van der Waals surface area contributed by atoms with E-state index in [0.717, 1.165) is 11.8 Å². The number of aryl methyl sites for hydroxylation is 1. The molecule has 0 spiro atoms. The molecule has 0 saturated heterocycles. The second-order valence-corrected chi connectivity index (χ2v) is 4.43. The third kappa shape index (κ3) is 3.10. The zero-order chi connectivity index (χ0) is 9.19. The van der Waals surface area contributed by atoms with Gasteiger partial charge in [0.2, 0.25) is 0 Å². The highest BCUT2D eigenvalue weighted by atomic mass is 15.2. The predicted molar refractivity (Wildman–Crippen MR) is 56.0 cm³/mol. The van der Waals surface area contributed by atoms with Gasteiger partial charge in [-0.05, 0) is 12.4 Å². The van der Waals surface area contributed by atoms with Gasteiger partial charge in [-0.15, -0.1) is 0 Å². The van der Waals surface area contributed by atoms with E-state index in [0.29, 0.717) is 0 Å². The first-order chi connectivity index (χ1) is 5.47. The smallest absolute Gasteiger partial charge is 0.400 e. The third-order valence-corrected chi connectivity index (χ3v) is 1.78. The number of quaternary nitrogens is 1. The van der Waals surface area contributed by atoms with Crippen LogP contribution in [0.4, 0.5) is 0 Å². The Kier molecular flexibility index (Phi) is 2.58. The van der Waals surface area contributed by atoms with Crippen LogP contribution in [0.2, 0.25) is 0 Å². The molecule has 0 aromatic heterocycles. The number of hydrogen-bond acceptors (Lipinski definition) is 0. The molecule has 0 aliphatic heterocycles. The fraction of sp³-hybridized carbons (Fsp3) is 0.400. The van der Waals surface area contributed by atoms with Crippen molar-refractivity contribution in [2.24, 2.45) is 0 Å². The van der Waals surface area contributed by atoms with Crippen molar-refractivity contribution in [1.29, 1.82) is 0 Å². The molecule has 0 heterocycles. The summed E-state index contributed by atoms with van der Waals surface area (Å²) in [5.74, 6) is 0. The molecule has 1 nitrogen and oxygen atoms in total. The summed E-state index contributed by atoms with van der Waals surface area (Å²) in [5.41, 5.74) is 2.74. The summed E-state index contributed by atoms with van der Waals surface area (Å²) in [7, 11) is 7.72. The Labute approximate surface area is 75.9 Å². The van der Waals surface area contributed by atoms with Crippen LogP contribution >= 0.6 is 0 Å². The van der Waals surface area contributed by atoms with E-state index in [2.05, 4.69) is 52.3 Å². The lowest BCUT2D eigenvalue weighted by Crippen LogP contribution is -2.44. The number of nitrogens with zero attached hydrogens (tertiary/aromatic N) is 1. The molecule has 1 aromatic rings. The minimum absolute atomic E-state index is 0.989. The number of rotatable bonds is 2. The summed E-state index contributed by atoms with van der Waals surface area (Å²) in [6, 6.07) is 8.76. The quantitative estimate of drug-likeness (QED) is 0.561. The zero-order valence-electron chi connectivity index (χ0n) is 8.46. The van der Waals surface area contributed by atoms with Crippen molar-refractivity contribution in [2.75, 3.05) is 21.1 Å². The zero-order valence-corrected chi connectivity index (χ0v) is 8.46. The molecule has 0 unspecified atom stereocenters. The summed E-state index contributed by atoms with van der Waals surface area (Å²) in [6.45, 7) is 2.12. The van der Waals surface area contributed by atoms with Crippen molar-refractivity contribution in [1.82, 2.24) is 0 Å². The van der Waals surface area contributed by atoms with E-state index in [1.807, 2.05) is 0 Å². The third-order valence-electron chi connectivity index (χ3n) is 1.78. The van der Waals surface area contributed by atoms with Gasteiger partial charge in [0.1, 0.15) is 0 Å². The van der Waals surface area contributed by atoms with Crippen molar-refractivity contribution in [3.8, 4) is 0 Å². The van der Waals surface area contributed by atoms with Gasteiger partial charge in [-0.25, -0.2) is 0 Å². The molecule has 2 heteroatoms. The standard InChI is InChI=1S/C10H17BN/c1-9-5-7-10(8-6-9)11-12(2,3)4/h5-8,11H,1-4H3/q+1. The molecule has 0 N–H and O–H groups in total. The van der Waals surface area contributed by atoms with E-state index < -0.39 is 0 Å². The van der Waals surface area contributed by atoms with Crippen LogP contribution in [0, 0.1) is 6.92 Å². The van der Waals surface area contributed by atoms with Crippen molar-refractivity contribution >= 4 is 12.9 Å². The van der Waals surface area contributed by atoms with Gasteiger partial charge in [0.25, 0.3) is 0 Å². The van der Waals surface area contributed by atoms with Gasteiger partial charge >= 0.3 is 7.41 Å². The lowest BCUT2D eigenvalue weighted by molar-refractivity contribution is -0.754. The second-order valence-electron chi connectivity index (χ2n) is 4.43. The summed E-state index contributed by atoms with van der Waals surface area (Å²) in [6.07, 6.45) is 0. The molecule has 0 amide bonds. The first kappa shape index (κ1) is 9.33. The van der Waals surface area contributed by atoms with Crippen molar-refractivity contribution in [3.63, 3.8) is 0 Å². The molecule has 0 radical (unpaired) electrons. The Balaban J connectivity index is 2.71. The Morgan fingerprint density at radius 3 is 1.92 bits per heavy atom. The van der Waals surface area contributed by atoms with Crippen LogP contribution in [0.3, 0.4) is 0 Å². The average Bonchev–Trinajstić information content (AvgIpc) is 1.91. The lowest BCUT2D eigenvalue weighted by Gasteiger charge is -2.23. The number of hydrogen-bond donors (Lipinski definition) is 0. The van der Waals surface area contributed by atoms with E-state index in [1.165, 1.54) is 11.0 Å². The van der Waals surface area contributed by atoms with Gasteiger partial charge in [0.15, 0.2) is 0 Å². The van der Waals surface area contributed by atoms with Crippen molar-refractivity contribution in [3.05, 3.63) is 29.8 Å². The van der Waals surface area contributed by atoms with Crippen molar-refractivity contribution in [2.45, 2.75) is 6.92 Å².